The highest BCUT2D eigenvalue weighted by molar-refractivity contribution is 7.89. The van der Waals surface area contributed by atoms with Gasteiger partial charge in [0.2, 0.25) is 16.0 Å². The number of Topliss-reactive ketones (excluding diaryl/α,β-unsaturated/α-hetero) is 1. The van der Waals surface area contributed by atoms with Crippen molar-refractivity contribution in [2.24, 2.45) is 0 Å². The SMILES string of the molecule is O=C(CO)c1cnc(N2CCN(S(=O)(=O)c3ccc(-c4ccsc4CN4CCN(CCO)CC4)cc3)CC2)nc1. The number of nitrogens with zero attached hydrogens (tertiary/aromatic N) is 6. The van der Waals surface area contributed by atoms with Gasteiger partial charge in [-0.25, -0.2) is 18.4 Å². The summed E-state index contributed by atoms with van der Waals surface area (Å²) in [6.07, 6.45) is 2.76. The Morgan fingerprint density at radius 1 is 0.875 bits per heavy atom. The van der Waals surface area contributed by atoms with E-state index in [1.165, 1.54) is 21.6 Å². The molecule has 40 heavy (non-hydrogen) atoms. The zero-order valence-corrected chi connectivity index (χ0v) is 23.9. The monoisotopic (exact) mass is 586 g/mol. The van der Waals surface area contributed by atoms with Crippen LogP contribution >= 0.6 is 11.3 Å². The molecule has 0 unspecified atom stereocenters. The first-order valence-electron chi connectivity index (χ1n) is 13.3. The molecule has 0 radical (unpaired) electrons. The molecule has 2 fully saturated rings. The molecule has 2 N–H and O–H groups in total. The number of rotatable bonds is 10. The van der Waals surface area contributed by atoms with Gasteiger partial charge in [0, 0.05) is 82.7 Å². The van der Waals surface area contributed by atoms with Crippen molar-refractivity contribution >= 4 is 33.1 Å². The molecule has 1 aromatic carbocycles. The summed E-state index contributed by atoms with van der Waals surface area (Å²) in [6, 6.07) is 9.24. The van der Waals surface area contributed by atoms with E-state index in [1.807, 2.05) is 17.0 Å². The van der Waals surface area contributed by atoms with Crippen molar-refractivity contribution in [3.63, 3.8) is 0 Å². The number of sulfonamides is 1. The molecule has 0 saturated carbocycles. The third kappa shape index (κ3) is 6.41. The van der Waals surface area contributed by atoms with Crippen LogP contribution in [-0.2, 0) is 16.6 Å². The van der Waals surface area contributed by atoms with Crippen LogP contribution in [0.3, 0.4) is 0 Å². The minimum absolute atomic E-state index is 0.192. The highest BCUT2D eigenvalue weighted by atomic mass is 32.2. The molecule has 0 atom stereocenters. The maximum atomic E-state index is 13.4. The van der Waals surface area contributed by atoms with Gasteiger partial charge in [-0.3, -0.25) is 14.6 Å². The Balaban J connectivity index is 1.19. The lowest BCUT2D eigenvalue weighted by atomic mass is 10.1. The van der Waals surface area contributed by atoms with Crippen LogP contribution in [0, 0.1) is 0 Å². The molecule has 3 aromatic rings. The van der Waals surface area contributed by atoms with E-state index in [0.29, 0.717) is 32.1 Å². The third-order valence-corrected chi connectivity index (χ3v) is 10.2. The van der Waals surface area contributed by atoms with Crippen LogP contribution in [0.15, 0.2) is 53.0 Å². The van der Waals surface area contributed by atoms with Crippen LogP contribution in [0.5, 0.6) is 0 Å². The smallest absolute Gasteiger partial charge is 0.243 e. The van der Waals surface area contributed by atoms with Crippen LogP contribution < -0.4 is 4.90 Å². The first-order chi connectivity index (χ1) is 19.4. The van der Waals surface area contributed by atoms with E-state index in [9.17, 15) is 13.2 Å². The Morgan fingerprint density at radius 3 is 2.15 bits per heavy atom. The normalized spacial score (nSPS) is 17.8. The quantitative estimate of drug-likeness (QED) is 0.332. The predicted octanol–water partition coefficient (Wildman–Crippen LogP) is 1.00. The number of aliphatic hydroxyl groups excluding tert-OH is 2. The summed E-state index contributed by atoms with van der Waals surface area (Å²) in [6.45, 7) is 6.45. The number of β-amino-alcohol motifs (C(OH)–C–C–N with tert-alkyl or cyclic N) is 1. The van der Waals surface area contributed by atoms with E-state index in [2.05, 4.69) is 31.2 Å². The Morgan fingerprint density at radius 2 is 1.52 bits per heavy atom. The number of anilines is 1. The first kappa shape index (κ1) is 28.7. The summed E-state index contributed by atoms with van der Waals surface area (Å²) in [4.78, 5) is 28.1. The van der Waals surface area contributed by atoms with E-state index in [4.69, 9.17) is 10.2 Å². The zero-order chi connectivity index (χ0) is 28.1. The minimum atomic E-state index is -3.65. The van der Waals surface area contributed by atoms with E-state index >= 15 is 0 Å². The number of carbonyl (C=O) groups excluding carboxylic acids is 1. The molecule has 0 aliphatic carbocycles. The highest BCUT2D eigenvalue weighted by Gasteiger charge is 2.29. The van der Waals surface area contributed by atoms with Gasteiger partial charge in [-0.2, -0.15) is 4.31 Å². The van der Waals surface area contributed by atoms with Crippen molar-refractivity contribution in [1.29, 1.82) is 0 Å². The van der Waals surface area contributed by atoms with Crippen molar-refractivity contribution in [3.05, 3.63) is 58.5 Å². The van der Waals surface area contributed by atoms with Crippen molar-refractivity contribution in [2.75, 3.05) is 77.0 Å². The van der Waals surface area contributed by atoms with E-state index < -0.39 is 22.4 Å². The molecule has 11 nitrogen and oxygen atoms in total. The number of ketones is 1. The molecule has 0 spiro atoms. The van der Waals surface area contributed by atoms with Crippen LogP contribution in [0.25, 0.3) is 11.1 Å². The summed E-state index contributed by atoms with van der Waals surface area (Å²) in [5.41, 5.74) is 2.37. The maximum absolute atomic E-state index is 13.4. The second kappa shape index (κ2) is 12.8. The number of aromatic nitrogens is 2. The Kier molecular flexibility index (Phi) is 9.20. The van der Waals surface area contributed by atoms with Gasteiger partial charge < -0.3 is 15.1 Å². The molecule has 2 saturated heterocycles. The van der Waals surface area contributed by atoms with Gasteiger partial charge in [-0.05, 0) is 34.7 Å². The summed E-state index contributed by atoms with van der Waals surface area (Å²) in [7, 11) is -3.65. The van der Waals surface area contributed by atoms with Gasteiger partial charge in [0.15, 0.2) is 5.78 Å². The third-order valence-electron chi connectivity index (χ3n) is 7.42. The van der Waals surface area contributed by atoms with Gasteiger partial charge in [0.1, 0.15) is 6.61 Å². The highest BCUT2D eigenvalue weighted by Crippen LogP contribution is 2.31. The number of thiophene rings is 1. The summed E-state index contributed by atoms with van der Waals surface area (Å²) in [5.74, 6) is -0.0217. The number of hydrogen-bond donors (Lipinski definition) is 2. The minimum Gasteiger partial charge on any atom is -0.395 e. The fraction of sp³-hybridized carbons (Fsp3) is 0.444. The molecule has 0 amide bonds. The average Bonchev–Trinajstić information content (AvgIpc) is 3.46. The average molecular weight is 587 g/mol. The molecule has 2 aromatic heterocycles. The van der Waals surface area contributed by atoms with Gasteiger partial charge in [-0.1, -0.05) is 12.1 Å². The van der Waals surface area contributed by atoms with Gasteiger partial charge >= 0.3 is 0 Å². The molecule has 5 rings (SSSR count). The molecule has 2 aliphatic rings. The number of hydrogen-bond acceptors (Lipinski definition) is 11. The molecule has 13 heteroatoms. The van der Waals surface area contributed by atoms with Gasteiger partial charge in [0.25, 0.3) is 0 Å². The van der Waals surface area contributed by atoms with Crippen LogP contribution in [0.2, 0.25) is 0 Å². The summed E-state index contributed by atoms with van der Waals surface area (Å²) in [5, 5.41) is 20.2. The van der Waals surface area contributed by atoms with Crippen molar-refractivity contribution < 1.29 is 23.4 Å². The maximum Gasteiger partial charge on any atom is 0.243 e. The predicted molar refractivity (Wildman–Crippen MR) is 153 cm³/mol. The number of benzene rings is 1. The molecular weight excluding hydrogens is 552 g/mol. The lowest BCUT2D eigenvalue weighted by molar-refractivity contribution is 0.0903. The van der Waals surface area contributed by atoms with Crippen molar-refractivity contribution in [3.8, 4) is 11.1 Å². The molecule has 0 bridgehead atoms. The lowest BCUT2D eigenvalue weighted by Gasteiger charge is -2.34. The summed E-state index contributed by atoms with van der Waals surface area (Å²) < 4.78 is 28.2. The van der Waals surface area contributed by atoms with Crippen LogP contribution in [0.1, 0.15) is 15.2 Å². The Hall–Kier alpha value is -2.78. The topological polar surface area (TPSA) is 130 Å². The molecule has 2 aliphatic heterocycles. The summed E-state index contributed by atoms with van der Waals surface area (Å²) >= 11 is 1.72. The van der Waals surface area contributed by atoms with Crippen LogP contribution in [-0.4, -0.2) is 121 Å². The van der Waals surface area contributed by atoms with Crippen LogP contribution in [0.4, 0.5) is 5.95 Å². The van der Waals surface area contributed by atoms with E-state index in [1.54, 1.807) is 23.5 Å². The van der Waals surface area contributed by atoms with E-state index in [0.717, 1.165) is 50.4 Å². The van der Waals surface area contributed by atoms with Gasteiger partial charge in [0.05, 0.1) is 17.1 Å². The molecule has 4 heterocycles. The second-order valence-corrected chi connectivity index (χ2v) is 12.8. The lowest BCUT2D eigenvalue weighted by Crippen LogP contribution is -2.49. The zero-order valence-electron chi connectivity index (χ0n) is 22.2. The largest absolute Gasteiger partial charge is 0.395 e. The Bertz CT molecular complexity index is 1380. The number of carbonyl (C=O) groups is 1. The fourth-order valence-electron chi connectivity index (χ4n) is 5.04. The van der Waals surface area contributed by atoms with E-state index in [-0.39, 0.29) is 17.1 Å². The standard InChI is InChI=1S/C27H34N6O5S2/c34-15-14-30-6-8-31(9-7-30)19-26-24(5-16-39-26)21-1-3-23(4-2-21)40(37,38)33-12-10-32(11-13-33)27-28-17-22(18-29-27)25(36)20-35/h1-5,16-18,34-35H,6-15,19-20H2. The molecule has 214 valence electrons. The number of aliphatic hydroxyl groups is 2. The number of piperazine rings is 2. The van der Waals surface area contributed by atoms with Crippen molar-refractivity contribution in [1.82, 2.24) is 24.1 Å². The Labute approximate surface area is 238 Å². The first-order valence-corrected chi connectivity index (χ1v) is 15.6. The second-order valence-electron chi connectivity index (χ2n) is 9.87. The molecular formula is C27H34N6O5S2. The fourth-order valence-corrected chi connectivity index (χ4v) is 7.40. The van der Waals surface area contributed by atoms with Gasteiger partial charge in [-0.15, -0.1) is 11.3 Å². The van der Waals surface area contributed by atoms with Crippen molar-refractivity contribution in [2.45, 2.75) is 11.4 Å².